The first-order valence-corrected chi connectivity index (χ1v) is 13.2. The van der Waals surface area contributed by atoms with Gasteiger partial charge in [0.25, 0.3) is 0 Å². The van der Waals surface area contributed by atoms with Crippen LogP contribution in [0.25, 0.3) is 10.1 Å². The molecular weight excluding hydrogens is 460 g/mol. The summed E-state index contributed by atoms with van der Waals surface area (Å²) in [6, 6.07) is 14.8. The minimum atomic E-state index is -0.366. The number of esters is 1. The highest BCUT2D eigenvalue weighted by atomic mass is 32.1. The average molecular weight is 493 g/mol. The van der Waals surface area contributed by atoms with Crippen molar-refractivity contribution in [2.75, 3.05) is 55.7 Å². The Balaban J connectivity index is 1.19. The molecule has 0 spiro atoms. The lowest BCUT2D eigenvalue weighted by molar-refractivity contribution is -0.142. The number of benzene rings is 2. The number of fused-ring (bicyclic) bond motifs is 2. The van der Waals surface area contributed by atoms with Crippen molar-refractivity contribution >= 4 is 45.0 Å². The predicted molar refractivity (Wildman–Crippen MR) is 140 cm³/mol. The predicted octanol–water partition coefficient (Wildman–Crippen LogP) is 3.75. The van der Waals surface area contributed by atoms with E-state index < -0.39 is 0 Å². The van der Waals surface area contributed by atoms with Gasteiger partial charge in [-0.15, -0.1) is 0 Å². The fraction of sp³-hybridized carbons (Fsp3) is 0.444. The molecule has 0 aliphatic carbocycles. The van der Waals surface area contributed by atoms with Crippen molar-refractivity contribution in [2.45, 2.75) is 26.7 Å². The first kappa shape index (κ1) is 23.8. The molecule has 1 saturated heterocycles. The van der Waals surface area contributed by atoms with Gasteiger partial charge in [-0.1, -0.05) is 31.2 Å². The van der Waals surface area contributed by atoms with E-state index in [1.165, 1.54) is 15.6 Å². The summed E-state index contributed by atoms with van der Waals surface area (Å²) in [4.78, 5) is 31.3. The molecule has 0 saturated carbocycles. The van der Waals surface area contributed by atoms with Gasteiger partial charge < -0.3 is 14.5 Å². The second-order valence-electron chi connectivity index (χ2n) is 9.38. The van der Waals surface area contributed by atoms with Crippen LogP contribution in [0.1, 0.15) is 25.0 Å². The Bertz CT molecular complexity index is 1220. The van der Waals surface area contributed by atoms with Gasteiger partial charge in [-0.05, 0) is 60.6 Å². The molecule has 2 aliphatic rings. The number of nitrogens with zero attached hydrogens (tertiary/aromatic N) is 4. The molecule has 0 bridgehead atoms. The average Bonchev–Trinajstić information content (AvgIpc) is 3.30. The zero-order valence-electron chi connectivity index (χ0n) is 20.4. The lowest BCUT2D eigenvalue weighted by Crippen LogP contribution is -2.47. The van der Waals surface area contributed by atoms with Crippen LogP contribution in [-0.4, -0.2) is 67.0 Å². The molecule has 1 fully saturated rings. The highest BCUT2D eigenvalue weighted by molar-refractivity contribution is 7.13. The molecule has 0 N–H and O–H groups in total. The fourth-order valence-electron chi connectivity index (χ4n) is 5.09. The largest absolute Gasteiger partial charge is 0.465 e. The standard InChI is InChI=1S/C27H32N4O3S/c1-3-34-25(32)18-31-23-9-8-20(17-21(23)16-19(2)27(31)33)10-11-29-12-14-30(15-13-29)26-22-6-4-5-7-24(22)35-28-26/h4-9,17,19H,3,10-16,18H2,1-2H3. The molecule has 1 atom stereocenters. The topological polar surface area (TPSA) is 66.0 Å². The number of piperazine rings is 1. The van der Waals surface area contributed by atoms with Gasteiger partial charge >= 0.3 is 5.97 Å². The minimum Gasteiger partial charge on any atom is -0.465 e. The van der Waals surface area contributed by atoms with E-state index >= 15 is 0 Å². The summed E-state index contributed by atoms with van der Waals surface area (Å²) in [6.07, 6.45) is 1.68. The van der Waals surface area contributed by atoms with Crippen LogP contribution in [0.2, 0.25) is 0 Å². The van der Waals surface area contributed by atoms with Gasteiger partial charge in [0, 0.05) is 49.7 Å². The number of hydrogen-bond donors (Lipinski definition) is 0. The van der Waals surface area contributed by atoms with E-state index in [9.17, 15) is 9.59 Å². The molecule has 1 aromatic heterocycles. The van der Waals surface area contributed by atoms with E-state index in [1.54, 1.807) is 23.4 Å². The normalized spacial score (nSPS) is 18.7. The van der Waals surface area contributed by atoms with Crippen LogP contribution in [-0.2, 0) is 27.2 Å². The lowest BCUT2D eigenvalue weighted by Gasteiger charge is -2.35. The van der Waals surface area contributed by atoms with Crippen LogP contribution in [0.5, 0.6) is 0 Å². The maximum atomic E-state index is 12.7. The Morgan fingerprint density at radius 1 is 1.14 bits per heavy atom. The number of amides is 1. The number of aromatic nitrogens is 1. The van der Waals surface area contributed by atoms with Crippen LogP contribution in [0.3, 0.4) is 0 Å². The van der Waals surface area contributed by atoms with Crippen molar-refractivity contribution in [3.8, 4) is 0 Å². The third-order valence-electron chi connectivity index (χ3n) is 6.99. The molecule has 184 valence electrons. The van der Waals surface area contributed by atoms with E-state index in [2.05, 4.69) is 46.2 Å². The monoisotopic (exact) mass is 492 g/mol. The minimum absolute atomic E-state index is 0.0101. The first-order chi connectivity index (χ1) is 17.0. The van der Waals surface area contributed by atoms with Crippen LogP contribution >= 0.6 is 11.5 Å². The fourth-order valence-corrected chi connectivity index (χ4v) is 5.89. The summed E-state index contributed by atoms with van der Waals surface area (Å²) < 4.78 is 11.0. The molecule has 2 aliphatic heterocycles. The molecule has 3 heterocycles. The molecular formula is C27H32N4O3S. The van der Waals surface area contributed by atoms with Gasteiger partial charge in [-0.3, -0.25) is 14.5 Å². The SMILES string of the molecule is CCOC(=O)CN1C(=O)C(C)Cc2cc(CCN3CCN(c4nsc5ccccc45)CC3)ccc21. The van der Waals surface area contributed by atoms with Gasteiger partial charge in [0.2, 0.25) is 5.91 Å². The third-order valence-corrected chi connectivity index (χ3v) is 7.80. The summed E-state index contributed by atoms with van der Waals surface area (Å²) in [5.74, 6) is 0.608. The third kappa shape index (κ3) is 5.04. The second-order valence-corrected chi connectivity index (χ2v) is 10.2. The van der Waals surface area contributed by atoms with Crippen molar-refractivity contribution in [1.29, 1.82) is 0 Å². The Morgan fingerprint density at radius 3 is 2.74 bits per heavy atom. The smallest absolute Gasteiger partial charge is 0.326 e. The number of anilines is 2. The molecule has 2 aromatic carbocycles. The molecule has 7 nitrogen and oxygen atoms in total. The van der Waals surface area contributed by atoms with Gasteiger partial charge in [0.05, 0.1) is 11.3 Å². The zero-order chi connectivity index (χ0) is 24.4. The summed E-state index contributed by atoms with van der Waals surface area (Å²) in [5.41, 5.74) is 3.25. The highest BCUT2D eigenvalue weighted by Gasteiger charge is 2.31. The van der Waals surface area contributed by atoms with E-state index in [0.29, 0.717) is 13.0 Å². The number of carbonyl (C=O) groups excluding carboxylic acids is 2. The quantitative estimate of drug-likeness (QED) is 0.468. The van der Waals surface area contributed by atoms with Gasteiger partial charge in [0.1, 0.15) is 12.4 Å². The number of carbonyl (C=O) groups is 2. The van der Waals surface area contributed by atoms with Crippen LogP contribution < -0.4 is 9.80 Å². The molecule has 1 amide bonds. The maximum Gasteiger partial charge on any atom is 0.326 e. The first-order valence-electron chi connectivity index (χ1n) is 12.4. The Morgan fingerprint density at radius 2 is 1.94 bits per heavy atom. The molecule has 3 aromatic rings. The van der Waals surface area contributed by atoms with Crippen LogP contribution in [0, 0.1) is 5.92 Å². The summed E-state index contributed by atoms with van der Waals surface area (Å²) in [6.45, 7) is 9.02. The van der Waals surface area contributed by atoms with Gasteiger partial charge in [0.15, 0.2) is 0 Å². The Kier molecular flexibility index (Phi) is 7.02. The highest BCUT2D eigenvalue weighted by Crippen LogP contribution is 2.32. The number of hydrogen-bond acceptors (Lipinski definition) is 7. The maximum absolute atomic E-state index is 12.7. The second kappa shape index (κ2) is 10.3. The van der Waals surface area contributed by atoms with Crippen molar-refractivity contribution in [3.05, 3.63) is 53.6 Å². The Labute approximate surface area is 210 Å². The molecule has 8 heteroatoms. The van der Waals surface area contributed by atoms with E-state index in [0.717, 1.165) is 56.2 Å². The molecule has 0 radical (unpaired) electrons. The van der Waals surface area contributed by atoms with Gasteiger partial charge in [-0.2, -0.15) is 4.37 Å². The van der Waals surface area contributed by atoms with E-state index in [1.807, 2.05) is 13.0 Å². The molecule has 5 rings (SSSR count). The lowest BCUT2D eigenvalue weighted by atomic mass is 9.91. The van der Waals surface area contributed by atoms with E-state index in [4.69, 9.17) is 9.11 Å². The van der Waals surface area contributed by atoms with E-state index in [-0.39, 0.29) is 24.3 Å². The van der Waals surface area contributed by atoms with Crippen molar-refractivity contribution < 1.29 is 14.3 Å². The van der Waals surface area contributed by atoms with Gasteiger partial charge in [-0.25, -0.2) is 0 Å². The zero-order valence-corrected chi connectivity index (χ0v) is 21.2. The molecule has 35 heavy (non-hydrogen) atoms. The number of rotatable bonds is 7. The summed E-state index contributed by atoms with van der Waals surface area (Å²) in [5, 5.41) is 1.25. The van der Waals surface area contributed by atoms with Crippen molar-refractivity contribution in [1.82, 2.24) is 9.27 Å². The Hall–Kier alpha value is -2.97. The van der Waals surface area contributed by atoms with Crippen molar-refractivity contribution in [2.24, 2.45) is 5.92 Å². The summed E-state index contributed by atoms with van der Waals surface area (Å²) >= 11 is 1.58. The van der Waals surface area contributed by atoms with Crippen molar-refractivity contribution in [3.63, 3.8) is 0 Å². The van der Waals surface area contributed by atoms with Crippen LogP contribution in [0.4, 0.5) is 11.5 Å². The van der Waals surface area contributed by atoms with Crippen LogP contribution in [0.15, 0.2) is 42.5 Å². The summed E-state index contributed by atoms with van der Waals surface area (Å²) in [7, 11) is 0. The molecule has 1 unspecified atom stereocenters. The number of ether oxygens (including phenoxy) is 1.